The molecule has 1 saturated heterocycles. The van der Waals surface area contributed by atoms with Crippen molar-refractivity contribution >= 4 is 5.82 Å². The summed E-state index contributed by atoms with van der Waals surface area (Å²) in [5.41, 5.74) is -0.695. The molecule has 130 valence electrons. The molecule has 0 aromatic carbocycles. The third-order valence-electron chi connectivity index (χ3n) is 4.40. The molecule has 23 heavy (non-hydrogen) atoms. The van der Waals surface area contributed by atoms with Gasteiger partial charge < -0.3 is 9.80 Å². The Bertz CT molecular complexity index is 463. The lowest BCUT2D eigenvalue weighted by atomic mass is 10.2. The minimum absolute atomic E-state index is 0.626. The van der Waals surface area contributed by atoms with Crippen LogP contribution in [-0.4, -0.2) is 67.1 Å². The third kappa shape index (κ3) is 5.07. The average molecular weight is 330 g/mol. The summed E-state index contributed by atoms with van der Waals surface area (Å²) in [4.78, 5) is 10.8. The van der Waals surface area contributed by atoms with Gasteiger partial charge in [0.25, 0.3) is 0 Å². The van der Waals surface area contributed by atoms with E-state index in [0.29, 0.717) is 5.82 Å². The number of aromatic nitrogens is 1. The predicted octanol–water partition coefficient (Wildman–Crippen LogP) is 2.56. The Labute approximate surface area is 135 Å². The molecule has 2 rings (SSSR count). The molecular formula is C16H25F3N4. The zero-order valence-electron chi connectivity index (χ0n) is 13.8. The van der Waals surface area contributed by atoms with Crippen LogP contribution in [-0.2, 0) is 6.18 Å². The van der Waals surface area contributed by atoms with Gasteiger partial charge in [-0.05, 0) is 25.2 Å². The van der Waals surface area contributed by atoms with Crippen LogP contribution in [0.4, 0.5) is 19.0 Å². The summed E-state index contributed by atoms with van der Waals surface area (Å²) in [6.45, 7) is 12.0. The number of piperazine rings is 1. The average Bonchev–Trinajstić information content (AvgIpc) is 2.56. The summed E-state index contributed by atoms with van der Waals surface area (Å²) in [6.07, 6.45) is -3.41. The number of halogens is 3. The van der Waals surface area contributed by atoms with E-state index in [4.69, 9.17) is 0 Å². The number of anilines is 1. The van der Waals surface area contributed by atoms with Crippen LogP contribution in [0.1, 0.15) is 19.4 Å². The van der Waals surface area contributed by atoms with Gasteiger partial charge in [-0.15, -0.1) is 0 Å². The lowest BCUT2D eigenvalue weighted by Crippen LogP contribution is -2.48. The van der Waals surface area contributed by atoms with Crippen LogP contribution in [0, 0.1) is 0 Å². The van der Waals surface area contributed by atoms with Crippen LogP contribution >= 0.6 is 0 Å². The number of nitrogens with zero attached hydrogens (tertiary/aromatic N) is 4. The lowest BCUT2D eigenvalue weighted by molar-refractivity contribution is -0.137. The SMILES string of the molecule is CCN(CC)CCN1CCN(c2ccc(C(F)(F)F)cn2)CC1. The van der Waals surface area contributed by atoms with Gasteiger partial charge in [-0.1, -0.05) is 13.8 Å². The van der Waals surface area contributed by atoms with E-state index >= 15 is 0 Å². The van der Waals surface area contributed by atoms with E-state index in [1.807, 2.05) is 4.90 Å². The standard InChI is InChI=1S/C16H25F3N4/c1-3-21(4-2)7-8-22-9-11-23(12-10-22)15-6-5-14(13-20-15)16(17,18)19/h5-6,13H,3-4,7-12H2,1-2H3. The van der Waals surface area contributed by atoms with Crippen molar-refractivity contribution in [1.29, 1.82) is 0 Å². The Balaban J connectivity index is 1.82. The largest absolute Gasteiger partial charge is 0.417 e. The Kier molecular flexibility index (Phi) is 6.24. The fraction of sp³-hybridized carbons (Fsp3) is 0.688. The first-order valence-electron chi connectivity index (χ1n) is 8.17. The quantitative estimate of drug-likeness (QED) is 0.799. The molecule has 7 heteroatoms. The molecule has 2 heterocycles. The maximum absolute atomic E-state index is 12.6. The van der Waals surface area contributed by atoms with Crippen molar-refractivity contribution in [1.82, 2.24) is 14.8 Å². The smallest absolute Gasteiger partial charge is 0.354 e. The van der Waals surface area contributed by atoms with Gasteiger partial charge in [0, 0.05) is 45.5 Å². The minimum Gasteiger partial charge on any atom is -0.354 e. The molecule has 4 nitrogen and oxygen atoms in total. The second-order valence-corrected chi connectivity index (χ2v) is 5.76. The number of hydrogen-bond acceptors (Lipinski definition) is 4. The van der Waals surface area contributed by atoms with E-state index in [1.54, 1.807) is 0 Å². The second-order valence-electron chi connectivity index (χ2n) is 5.76. The van der Waals surface area contributed by atoms with Crippen LogP contribution in [0.3, 0.4) is 0 Å². The Morgan fingerprint density at radius 1 is 1.09 bits per heavy atom. The Hall–Kier alpha value is -1.34. The minimum atomic E-state index is -4.32. The van der Waals surface area contributed by atoms with E-state index in [0.717, 1.165) is 64.6 Å². The number of alkyl halides is 3. The van der Waals surface area contributed by atoms with E-state index in [-0.39, 0.29) is 0 Å². The van der Waals surface area contributed by atoms with E-state index in [9.17, 15) is 13.2 Å². The number of hydrogen-bond donors (Lipinski definition) is 0. The number of likely N-dealkylation sites (N-methyl/N-ethyl adjacent to an activating group) is 1. The molecule has 0 amide bonds. The first kappa shape index (κ1) is 18.0. The molecule has 1 aromatic heterocycles. The molecule has 1 aliphatic rings. The van der Waals surface area contributed by atoms with E-state index in [2.05, 4.69) is 28.6 Å². The van der Waals surface area contributed by atoms with Crippen LogP contribution < -0.4 is 4.90 Å². The molecule has 0 atom stereocenters. The summed E-state index contributed by atoms with van der Waals surface area (Å²) in [5, 5.41) is 0. The van der Waals surface area contributed by atoms with Crippen molar-refractivity contribution in [2.75, 3.05) is 57.3 Å². The highest BCUT2D eigenvalue weighted by Gasteiger charge is 2.31. The van der Waals surface area contributed by atoms with Crippen LogP contribution in [0.2, 0.25) is 0 Å². The van der Waals surface area contributed by atoms with Gasteiger partial charge in [0.2, 0.25) is 0 Å². The molecule has 1 fully saturated rings. The molecule has 0 aliphatic carbocycles. The van der Waals surface area contributed by atoms with Crippen LogP contribution in [0.5, 0.6) is 0 Å². The molecule has 0 saturated carbocycles. The van der Waals surface area contributed by atoms with Gasteiger partial charge in [-0.3, -0.25) is 4.90 Å². The van der Waals surface area contributed by atoms with E-state index < -0.39 is 11.7 Å². The summed E-state index contributed by atoms with van der Waals surface area (Å²) < 4.78 is 37.7. The van der Waals surface area contributed by atoms with Crippen molar-refractivity contribution in [2.45, 2.75) is 20.0 Å². The number of pyridine rings is 1. The summed E-state index contributed by atoms with van der Waals surface area (Å²) in [5.74, 6) is 0.626. The highest BCUT2D eigenvalue weighted by molar-refractivity contribution is 5.40. The van der Waals surface area contributed by atoms with Gasteiger partial charge >= 0.3 is 6.18 Å². The van der Waals surface area contributed by atoms with Crippen LogP contribution in [0.15, 0.2) is 18.3 Å². The molecule has 0 N–H and O–H groups in total. The monoisotopic (exact) mass is 330 g/mol. The maximum Gasteiger partial charge on any atom is 0.417 e. The normalized spacial score (nSPS) is 17.0. The second kappa shape index (κ2) is 7.97. The molecular weight excluding hydrogens is 305 g/mol. The van der Waals surface area contributed by atoms with Crippen molar-refractivity contribution in [3.05, 3.63) is 23.9 Å². The first-order chi connectivity index (χ1) is 10.9. The van der Waals surface area contributed by atoms with Crippen molar-refractivity contribution in [2.24, 2.45) is 0 Å². The lowest BCUT2D eigenvalue weighted by Gasteiger charge is -2.36. The highest BCUT2D eigenvalue weighted by atomic mass is 19.4. The zero-order valence-corrected chi connectivity index (χ0v) is 13.8. The van der Waals surface area contributed by atoms with Crippen molar-refractivity contribution in [3.8, 4) is 0 Å². The molecule has 1 aliphatic heterocycles. The van der Waals surface area contributed by atoms with Gasteiger partial charge in [0.15, 0.2) is 0 Å². The topological polar surface area (TPSA) is 22.6 Å². The predicted molar refractivity (Wildman–Crippen MR) is 85.7 cm³/mol. The van der Waals surface area contributed by atoms with Crippen molar-refractivity contribution < 1.29 is 13.2 Å². The van der Waals surface area contributed by atoms with Crippen molar-refractivity contribution in [3.63, 3.8) is 0 Å². The summed E-state index contributed by atoms with van der Waals surface area (Å²) >= 11 is 0. The first-order valence-corrected chi connectivity index (χ1v) is 8.17. The number of rotatable bonds is 6. The van der Waals surface area contributed by atoms with Gasteiger partial charge in [0.05, 0.1) is 5.56 Å². The zero-order chi connectivity index (χ0) is 16.9. The fourth-order valence-corrected chi connectivity index (χ4v) is 2.76. The van der Waals surface area contributed by atoms with Crippen LogP contribution in [0.25, 0.3) is 0 Å². The Morgan fingerprint density at radius 2 is 1.74 bits per heavy atom. The third-order valence-corrected chi connectivity index (χ3v) is 4.40. The van der Waals surface area contributed by atoms with Gasteiger partial charge in [-0.2, -0.15) is 13.2 Å². The molecule has 1 aromatic rings. The summed E-state index contributed by atoms with van der Waals surface area (Å²) in [7, 11) is 0. The fourth-order valence-electron chi connectivity index (χ4n) is 2.76. The molecule has 0 unspecified atom stereocenters. The molecule has 0 radical (unpaired) electrons. The highest BCUT2D eigenvalue weighted by Crippen LogP contribution is 2.29. The molecule has 0 bridgehead atoms. The maximum atomic E-state index is 12.6. The van der Waals surface area contributed by atoms with Gasteiger partial charge in [-0.25, -0.2) is 4.98 Å². The summed E-state index contributed by atoms with van der Waals surface area (Å²) in [6, 6.07) is 2.57. The van der Waals surface area contributed by atoms with E-state index in [1.165, 1.54) is 6.07 Å². The Morgan fingerprint density at radius 3 is 2.22 bits per heavy atom. The molecule has 0 spiro atoms. The van der Waals surface area contributed by atoms with Gasteiger partial charge in [0.1, 0.15) is 5.82 Å².